The Balaban J connectivity index is 1.06. The van der Waals surface area contributed by atoms with Crippen LogP contribution in [0.5, 0.6) is 11.5 Å². The second-order valence-electron chi connectivity index (χ2n) is 19.9. The molecule has 9 rings (SSSR count). The molecule has 0 spiro atoms. The fourth-order valence-corrected chi connectivity index (χ4v) is 11.3. The normalized spacial score (nSPS) is 20.4. The van der Waals surface area contributed by atoms with E-state index in [9.17, 15) is 30.6 Å². The summed E-state index contributed by atoms with van der Waals surface area (Å²) in [4.78, 5) is 32.4. The molecule has 4 aromatic carbocycles. The number of fused-ring (bicyclic) bond motifs is 3. The van der Waals surface area contributed by atoms with Crippen molar-refractivity contribution in [2.75, 3.05) is 26.2 Å². The Bertz CT molecular complexity index is 2800. The molecule has 0 radical (unpaired) electrons. The van der Waals surface area contributed by atoms with Crippen LogP contribution in [0.1, 0.15) is 101 Å². The van der Waals surface area contributed by atoms with Gasteiger partial charge >= 0.3 is 11.9 Å². The number of esters is 2. The minimum absolute atomic E-state index is 0.157. The molecule has 0 aromatic heterocycles. The Morgan fingerprint density at radius 3 is 1.21 bits per heavy atom. The standard InChI is InChI=1S/C57H52N6O4/c1-55(2)29-43(45(33-58)51(31-55)62-25-9-10-26-62)47(35-60)53(64)66-39-21-17-37(18-22-39)57(49-15-7-5-13-41(49)42-14-6-8-16-50(42)57)38-19-23-40(24-20-38)67-54(65)48(36-61)44-30-56(3,4)32-52(46(44)34-59)63-27-11-12-28-63/h5-8,13-24H,9-12,25-32H2,1-4H3/b47-43+,48-44+. The van der Waals surface area contributed by atoms with Gasteiger partial charge in [-0.2, -0.15) is 21.0 Å². The second-order valence-corrected chi connectivity index (χ2v) is 19.9. The highest BCUT2D eigenvalue weighted by Gasteiger charge is 2.46. The molecule has 0 saturated carbocycles. The average Bonchev–Trinajstić information content (AvgIpc) is 4.11. The molecular weight excluding hydrogens is 833 g/mol. The van der Waals surface area contributed by atoms with Crippen molar-refractivity contribution in [2.24, 2.45) is 10.8 Å². The van der Waals surface area contributed by atoms with E-state index in [2.05, 4.69) is 86.0 Å². The van der Waals surface area contributed by atoms with Crippen molar-refractivity contribution in [1.82, 2.24) is 9.80 Å². The van der Waals surface area contributed by atoms with Crippen LogP contribution in [-0.2, 0) is 15.0 Å². The Hall–Kier alpha value is -7.66. The quantitative estimate of drug-likeness (QED) is 0.0636. The van der Waals surface area contributed by atoms with Gasteiger partial charge in [0.05, 0.1) is 16.6 Å². The van der Waals surface area contributed by atoms with E-state index in [1.54, 1.807) is 24.3 Å². The molecule has 4 aromatic rings. The number of benzene rings is 4. The number of ether oxygens (including phenoxy) is 2. The molecule has 5 aliphatic rings. The third-order valence-electron chi connectivity index (χ3n) is 14.2. The lowest BCUT2D eigenvalue weighted by molar-refractivity contribution is -0.130. The molecule has 3 aliphatic carbocycles. The van der Waals surface area contributed by atoms with Crippen LogP contribution in [0, 0.1) is 56.2 Å². The van der Waals surface area contributed by atoms with E-state index in [1.807, 2.05) is 48.5 Å². The van der Waals surface area contributed by atoms with Crippen LogP contribution in [0.4, 0.5) is 0 Å². The maximum atomic E-state index is 14.0. The number of carbonyl (C=O) groups excluding carboxylic acids is 2. The highest BCUT2D eigenvalue weighted by atomic mass is 16.5. The predicted octanol–water partition coefficient (Wildman–Crippen LogP) is 10.9. The van der Waals surface area contributed by atoms with Gasteiger partial charge in [-0.25, -0.2) is 9.59 Å². The molecule has 0 N–H and O–H groups in total. The largest absolute Gasteiger partial charge is 0.422 e. The summed E-state index contributed by atoms with van der Waals surface area (Å²) in [5, 5.41) is 41.7. The number of nitrogens with zero attached hydrogens (tertiary/aromatic N) is 6. The molecular formula is C57H52N6O4. The molecule has 10 nitrogen and oxygen atoms in total. The van der Waals surface area contributed by atoms with Gasteiger partial charge < -0.3 is 19.3 Å². The molecule has 67 heavy (non-hydrogen) atoms. The maximum Gasteiger partial charge on any atom is 0.354 e. The van der Waals surface area contributed by atoms with Crippen LogP contribution in [-0.4, -0.2) is 47.9 Å². The summed E-state index contributed by atoms with van der Waals surface area (Å²) >= 11 is 0. The fraction of sp³-hybridized carbons (Fsp3) is 0.333. The molecule has 0 amide bonds. The summed E-state index contributed by atoms with van der Waals surface area (Å²) in [5.74, 6) is -1.10. The molecule has 2 fully saturated rings. The van der Waals surface area contributed by atoms with E-state index in [0.717, 1.165) is 96.6 Å². The topological polar surface area (TPSA) is 154 Å². The highest BCUT2D eigenvalue weighted by Crippen LogP contribution is 2.56. The van der Waals surface area contributed by atoms with Crippen LogP contribution in [0.3, 0.4) is 0 Å². The zero-order valence-corrected chi connectivity index (χ0v) is 38.5. The van der Waals surface area contributed by atoms with Gasteiger partial charge in [0.2, 0.25) is 0 Å². The zero-order chi connectivity index (χ0) is 47.1. The number of carbonyl (C=O) groups is 2. The molecule has 0 unspecified atom stereocenters. The lowest BCUT2D eigenvalue weighted by Crippen LogP contribution is -2.31. The number of rotatable bonds is 8. The van der Waals surface area contributed by atoms with Crippen LogP contribution >= 0.6 is 0 Å². The van der Waals surface area contributed by atoms with E-state index in [1.165, 1.54) is 0 Å². The lowest BCUT2D eigenvalue weighted by Gasteiger charge is -2.37. The first-order valence-corrected chi connectivity index (χ1v) is 23.2. The molecule has 2 saturated heterocycles. The maximum absolute atomic E-state index is 14.0. The van der Waals surface area contributed by atoms with Crippen molar-refractivity contribution < 1.29 is 19.1 Å². The molecule has 334 valence electrons. The molecule has 10 heteroatoms. The third kappa shape index (κ3) is 7.98. The predicted molar refractivity (Wildman–Crippen MR) is 253 cm³/mol. The van der Waals surface area contributed by atoms with Gasteiger partial charge in [0.1, 0.15) is 46.9 Å². The SMILES string of the molecule is CC1(C)CC(N2CCCC2)=C(C#N)/C(=C(\C#N)C(=O)Oc2ccc(C3(c4ccc(OC(=O)/C(C#N)=C5\CC(C)(C)CC(N6CCCC6)=C5C#N)cc4)c4ccccc4-c4ccccc43)cc2)C1. The van der Waals surface area contributed by atoms with Gasteiger partial charge in [0.25, 0.3) is 0 Å². The van der Waals surface area contributed by atoms with Crippen molar-refractivity contribution in [2.45, 2.75) is 84.5 Å². The van der Waals surface area contributed by atoms with E-state index >= 15 is 0 Å². The summed E-state index contributed by atoms with van der Waals surface area (Å²) in [7, 11) is 0. The molecule has 0 bridgehead atoms. The van der Waals surface area contributed by atoms with Crippen LogP contribution in [0.2, 0.25) is 0 Å². The number of likely N-dealkylation sites (tertiary alicyclic amines) is 2. The number of allylic oxidation sites excluding steroid dienone is 6. The van der Waals surface area contributed by atoms with Gasteiger partial charge in [-0.1, -0.05) is 100 Å². The van der Waals surface area contributed by atoms with Crippen molar-refractivity contribution in [1.29, 1.82) is 21.0 Å². The monoisotopic (exact) mass is 884 g/mol. The first kappa shape index (κ1) is 44.5. The second kappa shape index (κ2) is 17.6. The van der Waals surface area contributed by atoms with Gasteiger partial charge in [-0.3, -0.25) is 0 Å². The summed E-state index contributed by atoms with van der Waals surface area (Å²) < 4.78 is 11.9. The van der Waals surface area contributed by atoms with E-state index in [0.29, 0.717) is 48.0 Å². The Morgan fingerprint density at radius 1 is 0.507 bits per heavy atom. The third-order valence-corrected chi connectivity index (χ3v) is 14.2. The summed E-state index contributed by atoms with van der Waals surface area (Å²) in [6, 6.07) is 40.0. The van der Waals surface area contributed by atoms with Crippen molar-refractivity contribution >= 4 is 11.9 Å². The number of hydrogen-bond donors (Lipinski definition) is 0. The van der Waals surface area contributed by atoms with Crippen LogP contribution < -0.4 is 9.47 Å². The molecule has 2 aliphatic heterocycles. The lowest BCUT2D eigenvalue weighted by atomic mass is 9.68. The first-order chi connectivity index (χ1) is 32.3. The van der Waals surface area contributed by atoms with Gasteiger partial charge in [-0.05, 0) is 131 Å². The first-order valence-electron chi connectivity index (χ1n) is 23.2. The number of nitriles is 4. The molecule has 2 heterocycles. The van der Waals surface area contributed by atoms with E-state index in [4.69, 9.17) is 9.47 Å². The average molecular weight is 885 g/mol. The van der Waals surface area contributed by atoms with Gasteiger partial charge in [0.15, 0.2) is 0 Å². The summed E-state index contributed by atoms with van der Waals surface area (Å²) in [5.41, 5.74) is 7.75. The number of hydrogen-bond acceptors (Lipinski definition) is 10. The van der Waals surface area contributed by atoms with Crippen molar-refractivity contribution in [3.63, 3.8) is 0 Å². The van der Waals surface area contributed by atoms with Gasteiger partial charge in [0, 0.05) is 37.6 Å². The fourth-order valence-electron chi connectivity index (χ4n) is 11.3. The van der Waals surface area contributed by atoms with Gasteiger partial charge in [-0.15, -0.1) is 0 Å². The van der Waals surface area contributed by atoms with E-state index in [-0.39, 0.29) is 33.5 Å². The zero-order valence-electron chi connectivity index (χ0n) is 38.5. The Labute approximate surface area is 392 Å². The smallest absolute Gasteiger partial charge is 0.354 e. The van der Waals surface area contributed by atoms with Crippen LogP contribution in [0.15, 0.2) is 142 Å². The van der Waals surface area contributed by atoms with Crippen LogP contribution in [0.25, 0.3) is 11.1 Å². The Morgan fingerprint density at radius 2 is 0.866 bits per heavy atom. The highest BCUT2D eigenvalue weighted by molar-refractivity contribution is 5.97. The van der Waals surface area contributed by atoms with Crippen molar-refractivity contribution in [3.05, 3.63) is 164 Å². The minimum atomic E-state index is -0.851. The molecule has 0 atom stereocenters. The minimum Gasteiger partial charge on any atom is -0.422 e. The summed E-state index contributed by atoms with van der Waals surface area (Å²) in [6.07, 6.45) is 6.33. The van der Waals surface area contributed by atoms with Crippen molar-refractivity contribution in [3.8, 4) is 46.9 Å². The Kier molecular flexibility index (Phi) is 11.7. The summed E-state index contributed by atoms with van der Waals surface area (Å²) in [6.45, 7) is 11.8. The van der Waals surface area contributed by atoms with E-state index < -0.39 is 17.4 Å².